The first-order valence-electron chi connectivity index (χ1n) is 5.00. The fourth-order valence-electron chi connectivity index (χ4n) is 1.38. The molecule has 0 fully saturated rings. The van der Waals surface area contributed by atoms with Gasteiger partial charge >= 0.3 is 0 Å². The van der Waals surface area contributed by atoms with Gasteiger partial charge in [-0.1, -0.05) is 41.9 Å². The highest BCUT2D eigenvalue weighted by molar-refractivity contribution is 9.10. The van der Waals surface area contributed by atoms with Gasteiger partial charge in [0.1, 0.15) is 0 Å². The van der Waals surface area contributed by atoms with Gasteiger partial charge in [0.25, 0.3) is 0 Å². The Hall–Kier alpha value is -0.830. The maximum Gasteiger partial charge on any atom is 0.225 e. The molecule has 0 aromatic heterocycles. The zero-order chi connectivity index (χ0) is 11.4. The summed E-state index contributed by atoms with van der Waals surface area (Å²) in [6.07, 6.45) is 0. The Morgan fingerprint density at radius 1 is 1.33 bits per heavy atom. The van der Waals surface area contributed by atoms with Crippen LogP contribution in [0.1, 0.15) is 19.4 Å². The van der Waals surface area contributed by atoms with Crippen LogP contribution in [0.25, 0.3) is 0 Å². The van der Waals surface area contributed by atoms with Gasteiger partial charge in [0, 0.05) is 24.0 Å². The quantitative estimate of drug-likeness (QED) is 0.826. The van der Waals surface area contributed by atoms with E-state index in [2.05, 4.69) is 15.9 Å². The molecule has 0 atom stereocenters. The Balaban J connectivity index is 2.62. The second-order valence-corrected chi connectivity index (χ2v) is 4.89. The van der Waals surface area contributed by atoms with Crippen LogP contribution in [-0.4, -0.2) is 17.9 Å². The van der Waals surface area contributed by atoms with Gasteiger partial charge in [-0.05, 0) is 17.7 Å². The van der Waals surface area contributed by atoms with Gasteiger partial charge in [0.15, 0.2) is 0 Å². The normalized spacial score (nSPS) is 10.5. The number of rotatable bonds is 3. The molecule has 15 heavy (non-hydrogen) atoms. The van der Waals surface area contributed by atoms with Crippen LogP contribution in [0.15, 0.2) is 28.7 Å². The molecule has 0 radical (unpaired) electrons. The molecular weight excluding hydrogens is 254 g/mol. The zero-order valence-corrected chi connectivity index (χ0v) is 10.9. The van der Waals surface area contributed by atoms with Crippen molar-refractivity contribution < 1.29 is 4.79 Å². The highest BCUT2D eigenvalue weighted by Crippen LogP contribution is 2.12. The average Bonchev–Trinajstić information content (AvgIpc) is 2.20. The molecule has 0 aliphatic rings. The lowest BCUT2D eigenvalue weighted by atomic mass is 10.1. The zero-order valence-electron chi connectivity index (χ0n) is 9.33. The van der Waals surface area contributed by atoms with Crippen molar-refractivity contribution in [1.82, 2.24) is 4.90 Å². The largest absolute Gasteiger partial charge is 0.341 e. The van der Waals surface area contributed by atoms with Crippen LogP contribution < -0.4 is 0 Å². The van der Waals surface area contributed by atoms with E-state index in [-0.39, 0.29) is 11.8 Å². The SMILES string of the molecule is CC(C)C(=O)N(C)Cc1ccc(Br)cc1. The first-order chi connectivity index (χ1) is 7.00. The summed E-state index contributed by atoms with van der Waals surface area (Å²) in [6, 6.07) is 8.02. The second kappa shape index (κ2) is 5.31. The van der Waals surface area contributed by atoms with Crippen molar-refractivity contribution in [2.45, 2.75) is 20.4 Å². The van der Waals surface area contributed by atoms with Crippen molar-refractivity contribution in [3.63, 3.8) is 0 Å². The molecule has 1 aromatic carbocycles. The molecule has 0 heterocycles. The van der Waals surface area contributed by atoms with Crippen LogP contribution in [-0.2, 0) is 11.3 Å². The van der Waals surface area contributed by atoms with Crippen LogP contribution in [0.3, 0.4) is 0 Å². The molecular formula is C12H16BrNO. The maximum absolute atomic E-state index is 11.6. The molecule has 82 valence electrons. The number of hydrogen-bond donors (Lipinski definition) is 0. The summed E-state index contributed by atoms with van der Waals surface area (Å²) in [7, 11) is 1.84. The van der Waals surface area contributed by atoms with E-state index in [1.165, 1.54) is 0 Å². The Kier molecular flexibility index (Phi) is 4.33. The fraction of sp³-hybridized carbons (Fsp3) is 0.417. The van der Waals surface area contributed by atoms with Crippen molar-refractivity contribution >= 4 is 21.8 Å². The highest BCUT2D eigenvalue weighted by atomic mass is 79.9. The van der Waals surface area contributed by atoms with Crippen LogP contribution in [0.5, 0.6) is 0 Å². The van der Waals surface area contributed by atoms with Crippen molar-refractivity contribution in [2.24, 2.45) is 5.92 Å². The molecule has 0 aliphatic heterocycles. The lowest BCUT2D eigenvalue weighted by Gasteiger charge is -2.19. The third-order valence-corrected chi connectivity index (χ3v) is 2.73. The first-order valence-corrected chi connectivity index (χ1v) is 5.79. The topological polar surface area (TPSA) is 20.3 Å². The maximum atomic E-state index is 11.6. The van der Waals surface area contributed by atoms with Gasteiger partial charge in [-0.15, -0.1) is 0 Å². The first kappa shape index (κ1) is 12.2. The van der Waals surface area contributed by atoms with Crippen molar-refractivity contribution in [3.05, 3.63) is 34.3 Å². The summed E-state index contributed by atoms with van der Waals surface area (Å²) in [4.78, 5) is 13.4. The number of hydrogen-bond acceptors (Lipinski definition) is 1. The smallest absolute Gasteiger partial charge is 0.225 e. The van der Waals surface area contributed by atoms with E-state index in [4.69, 9.17) is 0 Å². The van der Waals surface area contributed by atoms with E-state index in [1.807, 2.05) is 45.2 Å². The minimum atomic E-state index is 0.0606. The van der Waals surface area contributed by atoms with E-state index in [1.54, 1.807) is 4.90 Å². The fourth-order valence-corrected chi connectivity index (χ4v) is 1.65. The van der Waals surface area contributed by atoms with Crippen LogP contribution in [0, 0.1) is 5.92 Å². The average molecular weight is 270 g/mol. The number of nitrogens with zero attached hydrogens (tertiary/aromatic N) is 1. The minimum Gasteiger partial charge on any atom is -0.341 e. The molecule has 0 unspecified atom stereocenters. The number of benzene rings is 1. The summed E-state index contributed by atoms with van der Waals surface area (Å²) >= 11 is 3.38. The monoisotopic (exact) mass is 269 g/mol. The van der Waals surface area contributed by atoms with Crippen molar-refractivity contribution in [2.75, 3.05) is 7.05 Å². The third-order valence-electron chi connectivity index (χ3n) is 2.20. The van der Waals surface area contributed by atoms with Gasteiger partial charge < -0.3 is 4.90 Å². The minimum absolute atomic E-state index is 0.0606. The van der Waals surface area contributed by atoms with Gasteiger partial charge in [-0.2, -0.15) is 0 Å². The Labute approximate surface area is 99.4 Å². The van der Waals surface area contributed by atoms with E-state index in [0.29, 0.717) is 6.54 Å². The van der Waals surface area contributed by atoms with Gasteiger partial charge in [0.05, 0.1) is 0 Å². The summed E-state index contributed by atoms with van der Waals surface area (Å²) in [5, 5.41) is 0. The number of carbonyl (C=O) groups excluding carboxylic acids is 1. The summed E-state index contributed by atoms with van der Waals surface area (Å²) in [5.74, 6) is 0.239. The Bertz CT molecular complexity index is 332. The van der Waals surface area contributed by atoms with Gasteiger partial charge in [-0.3, -0.25) is 4.79 Å². The van der Waals surface area contributed by atoms with E-state index in [0.717, 1.165) is 10.0 Å². The standard InChI is InChI=1S/C12H16BrNO/c1-9(2)12(15)14(3)8-10-4-6-11(13)7-5-10/h4-7,9H,8H2,1-3H3. The second-order valence-electron chi connectivity index (χ2n) is 3.98. The molecule has 1 amide bonds. The lowest BCUT2D eigenvalue weighted by molar-refractivity contribution is -0.133. The summed E-state index contributed by atoms with van der Waals surface area (Å²) in [5.41, 5.74) is 1.15. The molecule has 0 aliphatic carbocycles. The summed E-state index contributed by atoms with van der Waals surface area (Å²) < 4.78 is 1.06. The van der Waals surface area contributed by atoms with E-state index in [9.17, 15) is 4.79 Å². The molecule has 0 spiro atoms. The molecule has 2 nitrogen and oxygen atoms in total. The molecule has 1 rings (SSSR count). The molecule has 0 saturated heterocycles. The predicted octanol–water partition coefficient (Wildman–Crippen LogP) is 3.06. The Morgan fingerprint density at radius 3 is 2.33 bits per heavy atom. The van der Waals surface area contributed by atoms with Crippen molar-refractivity contribution in [1.29, 1.82) is 0 Å². The van der Waals surface area contributed by atoms with Crippen LogP contribution in [0.4, 0.5) is 0 Å². The van der Waals surface area contributed by atoms with Crippen molar-refractivity contribution in [3.8, 4) is 0 Å². The number of carbonyl (C=O) groups is 1. The Morgan fingerprint density at radius 2 is 1.87 bits per heavy atom. The molecule has 0 bridgehead atoms. The van der Waals surface area contributed by atoms with Crippen LogP contribution >= 0.6 is 15.9 Å². The highest BCUT2D eigenvalue weighted by Gasteiger charge is 2.12. The third kappa shape index (κ3) is 3.67. The van der Waals surface area contributed by atoms with Gasteiger partial charge in [-0.25, -0.2) is 0 Å². The van der Waals surface area contributed by atoms with E-state index >= 15 is 0 Å². The molecule has 3 heteroatoms. The van der Waals surface area contributed by atoms with E-state index < -0.39 is 0 Å². The molecule has 0 saturated carbocycles. The van der Waals surface area contributed by atoms with Crippen LogP contribution in [0.2, 0.25) is 0 Å². The number of amides is 1. The molecule has 1 aromatic rings. The predicted molar refractivity (Wildman–Crippen MR) is 65.5 cm³/mol. The lowest BCUT2D eigenvalue weighted by Crippen LogP contribution is -2.29. The molecule has 0 N–H and O–H groups in total. The van der Waals surface area contributed by atoms with Gasteiger partial charge in [0.2, 0.25) is 5.91 Å². The number of halogens is 1. The summed E-state index contributed by atoms with van der Waals surface area (Å²) in [6.45, 7) is 4.51.